The summed E-state index contributed by atoms with van der Waals surface area (Å²) >= 11 is 0. The Hall–Kier alpha value is -1.91. The second-order valence-corrected chi connectivity index (χ2v) is 4.40. The van der Waals surface area contributed by atoms with Crippen LogP contribution in [-0.4, -0.2) is 20.5 Å². The predicted molar refractivity (Wildman–Crippen MR) is 59.8 cm³/mol. The number of hydrogen-bond acceptors (Lipinski definition) is 4. The zero-order valence-corrected chi connectivity index (χ0v) is 9.59. The molecule has 3 rings (SSSR count). The highest BCUT2D eigenvalue weighted by atomic mass is 16.5. The largest absolute Gasteiger partial charge is 0.339 e. The summed E-state index contributed by atoms with van der Waals surface area (Å²) in [5, 5.41) is 3.93. The van der Waals surface area contributed by atoms with E-state index in [1.165, 1.54) is 0 Å². The molecule has 88 valence electrons. The Balaban J connectivity index is 1.80. The maximum atomic E-state index is 11.4. The number of carbonyl (C=O) groups excluding carboxylic acids is 1. The lowest BCUT2D eigenvalue weighted by Crippen LogP contribution is -2.07. The molecule has 2 aromatic rings. The fraction of sp³-hybridized carbons (Fsp3) is 0.417. The molecule has 5 heteroatoms. The summed E-state index contributed by atoms with van der Waals surface area (Å²) in [6.07, 6.45) is 4.14. The van der Waals surface area contributed by atoms with Gasteiger partial charge in [0.05, 0.1) is 12.2 Å². The quantitative estimate of drug-likeness (QED) is 0.755. The maximum absolute atomic E-state index is 11.4. The lowest BCUT2D eigenvalue weighted by Gasteiger charge is -2.02. The van der Waals surface area contributed by atoms with Crippen LogP contribution in [0.5, 0.6) is 0 Å². The Morgan fingerprint density at radius 2 is 2.41 bits per heavy atom. The molecule has 0 aromatic carbocycles. The van der Waals surface area contributed by atoms with E-state index in [2.05, 4.69) is 10.1 Å². The first-order chi connectivity index (χ1) is 8.24. The third kappa shape index (κ3) is 2.00. The topological polar surface area (TPSA) is 60.9 Å². The van der Waals surface area contributed by atoms with E-state index in [1.807, 2.05) is 16.8 Å². The van der Waals surface area contributed by atoms with Crippen LogP contribution in [0.4, 0.5) is 0 Å². The molecule has 0 atom stereocenters. The van der Waals surface area contributed by atoms with Crippen molar-refractivity contribution < 1.29 is 9.32 Å². The molecule has 0 radical (unpaired) electrons. The summed E-state index contributed by atoms with van der Waals surface area (Å²) in [6, 6.07) is 3.64. The number of ketones is 1. The average Bonchev–Trinajstić information content (AvgIpc) is 2.87. The van der Waals surface area contributed by atoms with Crippen LogP contribution in [-0.2, 0) is 6.54 Å². The first kappa shape index (κ1) is 10.3. The molecule has 17 heavy (non-hydrogen) atoms. The number of rotatable bonds is 4. The van der Waals surface area contributed by atoms with Gasteiger partial charge in [-0.3, -0.25) is 4.79 Å². The van der Waals surface area contributed by atoms with E-state index < -0.39 is 0 Å². The van der Waals surface area contributed by atoms with Crippen LogP contribution in [0, 0.1) is 0 Å². The van der Waals surface area contributed by atoms with Crippen molar-refractivity contribution in [2.75, 3.05) is 0 Å². The van der Waals surface area contributed by atoms with Crippen LogP contribution >= 0.6 is 0 Å². The van der Waals surface area contributed by atoms with Gasteiger partial charge in [0.25, 0.3) is 0 Å². The van der Waals surface area contributed by atoms with Gasteiger partial charge < -0.3 is 9.09 Å². The molecule has 0 spiro atoms. The average molecular weight is 231 g/mol. The van der Waals surface area contributed by atoms with E-state index >= 15 is 0 Å². The van der Waals surface area contributed by atoms with Crippen molar-refractivity contribution in [3.05, 3.63) is 35.7 Å². The SMILES string of the molecule is CC(=O)c1cccn1Cc1noc(C2CC2)n1. The Kier molecular flexibility index (Phi) is 2.31. The monoisotopic (exact) mass is 231 g/mol. The van der Waals surface area contributed by atoms with Gasteiger partial charge >= 0.3 is 0 Å². The molecule has 0 aliphatic heterocycles. The van der Waals surface area contributed by atoms with Crippen LogP contribution in [0.2, 0.25) is 0 Å². The number of carbonyl (C=O) groups is 1. The molecule has 0 N–H and O–H groups in total. The summed E-state index contributed by atoms with van der Waals surface area (Å²) in [4.78, 5) is 15.7. The molecule has 1 aliphatic rings. The Morgan fingerprint density at radius 3 is 3.12 bits per heavy atom. The predicted octanol–water partition coefficient (Wildman–Crippen LogP) is 2.00. The van der Waals surface area contributed by atoms with Crippen molar-refractivity contribution >= 4 is 5.78 Å². The van der Waals surface area contributed by atoms with Gasteiger partial charge in [-0.1, -0.05) is 5.16 Å². The molecular formula is C12H13N3O2. The Morgan fingerprint density at radius 1 is 1.59 bits per heavy atom. The normalized spacial score (nSPS) is 15.1. The smallest absolute Gasteiger partial charge is 0.229 e. The maximum Gasteiger partial charge on any atom is 0.229 e. The van der Waals surface area contributed by atoms with Crippen molar-refractivity contribution in [2.45, 2.75) is 32.2 Å². The van der Waals surface area contributed by atoms with Gasteiger partial charge in [0.2, 0.25) is 5.89 Å². The summed E-state index contributed by atoms with van der Waals surface area (Å²) in [5.41, 5.74) is 0.669. The minimum absolute atomic E-state index is 0.0425. The zero-order chi connectivity index (χ0) is 11.8. The molecule has 1 aliphatic carbocycles. The molecule has 1 saturated carbocycles. The lowest BCUT2D eigenvalue weighted by molar-refractivity contribution is 0.100. The molecule has 2 heterocycles. The number of hydrogen-bond donors (Lipinski definition) is 0. The minimum Gasteiger partial charge on any atom is -0.339 e. The van der Waals surface area contributed by atoms with Gasteiger partial charge in [0.15, 0.2) is 11.6 Å². The number of Topliss-reactive ketones (excluding diaryl/α,β-unsaturated/α-hetero) is 1. The fourth-order valence-electron chi connectivity index (χ4n) is 1.85. The number of nitrogens with zero attached hydrogens (tertiary/aromatic N) is 3. The van der Waals surface area contributed by atoms with Crippen molar-refractivity contribution in [2.24, 2.45) is 0 Å². The van der Waals surface area contributed by atoms with Crippen LogP contribution in [0.25, 0.3) is 0 Å². The summed E-state index contributed by atoms with van der Waals surface area (Å²) < 4.78 is 7.02. The van der Waals surface area contributed by atoms with Crippen molar-refractivity contribution in [3.8, 4) is 0 Å². The molecule has 0 saturated heterocycles. The molecule has 0 unspecified atom stereocenters. The van der Waals surface area contributed by atoms with Gasteiger partial charge in [-0.05, 0) is 25.0 Å². The van der Waals surface area contributed by atoms with Crippen LogP contribution in [0.3, 0.4) is 0 Å². The van der Waals surface area contributed by atoms with E-state index in [9.17, 15) is 4.79 Å². The summed E-state index contributed by atoms with van der Waals surface area (Å²) in [6.45, 7) is 2.04. The van der Waals surface area contributed by atoms with Gasteiger partial charge in [-0.2, -0.15) is 4.98 Å². The van der Waals surface area contributed by atoms with Gasteiger partial charge in [-0.15, -0.1) is 0 Å². The highest BCUT2D eigenvalue weighted by Gasteiger charge is 2.29. The molecule has 0 bridgehead atoms. The lowest BCUT2D eigenvalue weighted by atomic mass is 10.3. The van der Waals surface area contributed by atoms with Crippen LogP contribution in [0.15, 0.2) is 22.9 Å². The molecular weight excluding hydrogens is 218 g/mol. The van der Waals surface area contributed by atoms with Gasteiger partial charge in [0.1, 0.15) is 0 Å². The van der Waals surface area contributed by atoms with Gasteiger partial charge in [0, 0.05) is 19.0 Å². The van der Waals surface area contributed by atoms with E-state index in [-0.39, 0.29) is 5.78 Å². The number of aromatic nitrogens is 3. The first-order valence-electron chi connectivity index (χ1n) is 5.72. The Labute approximate surface area is 98.4 Å². The van der Waals surface area contributed by atoms with E-state index in [0.717, 1.165) is 18.7 Å². The van der Waals surface area contributed by atoms with Crippen LogP contribution < -0.4 is 0 Å². The van der Waals surface area contributed by atoms with E-state index in [0.29, 0.717) is 24.0 Å². The second kappa shape index (κ2) is 3.84. The molecule has 0 amide bonds. The van der Waals surface area contributed by atoms with Crippen molar-refractivity contribution in [1.29, 1.82) is 0 Å². The van der Waals surface area contributed by atoms with Gasteiger partial charge in [-0.25, -0.2) is 0 Å². The Bertz CT molecular complexity index is 552. The van der Waals surface area contributed by atoms with Crippen molar-refractivity contribution in [1.82, 2.24) is 14.7 Å². The minimum atomic E-state index is 0.0425. The van der Waals surface area contributed by atoms with Crippen molar-refractivity contribution in [3.63, 3.8) is 0 Å². The van der Waals surface area contributed by atoms with E-state index in [4.69, 9.17) is 4.52 Å². The summed E-state index contributed by atoms with van der Waals surface area (Å²) in [5.74, 6) is 1.87. The molecule has 5 nitrogen and oxygen atoms in total. The molecule has 1 fully saturated rings. The van der Waals surface area contributed by atoms with E-state index in [1.54, 1.807) is 13.0 Å². The third-order valence-electron chi connectivity index (χ3n) is 2.91. The zero-order valence-electron chi connectivity index (χ0n) is 9.59. The standard InChI is InChI=1S/C12H13N3O2/c1-8(16)10-3-2-6-15(10)7-11-13-12(17-14-11)9-4-5-9/h2-3,6,9H,4-5,7H2,1H3. The fourth-order valence-corrected chi connectivity index (χ4v) is 1.85. The van der Waals surface area contributed by atoms with Crippen LogP contribution in [0.1, 0.15) is 47.9 Å². The first-order valence-corrected chi connectivity index (χ1v) is 5.72. The highest BCUT2D eigenvalue weighted by Crippen LogP contribution is 2.38. The summed E-state index contributed by atoms with van der Waals surface area (Å²) in [7, 11) is 0. The molecule has 2 aromatic heterocycles. The highest BCUT2D eigenvalue weighted by molar-refractivity contribution is 5.92. The second-order valence-electron chi connectivity index (χ2n) is 4.40. The third-order valence-corrected chi connectivity index (χ3v) is 2.91.